The highest BCUT2D eigenvalue weighted by atomic mass is 79.9. The van der Waals surface area contributed by atoms with Crippen molar-refractivity contribution in [2.24, 2.45) is 0 Å². The number of benzene rings is 1. The van der Waals surface area contributed by atoms with Gasteiger partial charge < -0.3 is 4.74 Å². The van der Waals surface area contributed by atoms with Gasteiger partial charge in [-0.1, -0.05) is 15.9 Å². The summed E-state index contributed by atoms with van der Waals surface area (Å²) < 4.78 is 7.53. The summed E-state index contributed by atoms with van der Waals surface area (Å²) in [6.07, 6.45) is 3.14. The average Bonchev–Trinajstić information content (AvgIpc) is 2.81. The molecular formula is C11H9BrN2O2. The van der Waals surface area contributed by atoms with Crippen LogP contribution in [0.4, 0.5) is 0 Å². The van der Waals surface area contributed by atoms with Crippen LogP contribution >= 0.6 is 15.9 Å². The number of ether oxygens (including phenoxy) is 1. The molecule has 0 saturated carbocycles. The van der Waals surface area contributed by atoms with Gasteiger partial charge in [-0.2, -0.15) is 5.10 Å². The van der Waals surface area contributed by atoms with E-state index >= 15 is 0 Å². The molecule has 1 aromatic carbocycles. The van der Waals surface area contributed by atoms with E-state index < -0.39 is 0 Å². The Balaban J connectivity index is 1.93. The summed E-state index contributed by atoms with van der Waals surface area (Å²) >= 11 is 3.32. The summed E-state index contributed by atoms with van der Waals surface area (Å²) in [7, 11) is 0. The van der Waals surface area contributed by atoms with E-state index in [1.165, 1.54) is 4.68 Å². The molecule has 0 amide bonds. The Kier molecular flexibility index (Phi) is 3.36. The largest absolute Gasteiger partial charge is 0.484 e. The Morgan fingerprint density at radius 3 is 2.75 bits per heavy atom. The molecule has 0 radical (unpaired) electrons. The summed E-state index contributed by atoms with van der Waals surface area (Å²) in [6, 6.07) is 8.99. The van der Waals surface area contributed by atoms with Crippen molar-refractivity contribution in [3.05, 3.63) is 47.2 Å². The highest BCUT2D eigenvalue weighted by Gasteiger charge is 2.05. The molecule has 0 unspecified atom stereocenters. The Morgan fingerprint density at radius 2 is 2.12 bits per heavy atom. The molecule has 0 spiro atoms. The van der Waals surface area contributed by atoms with Crippen LogP contribution in [0.3, 0.4) is 0 Å². The lowest BCUT2D eigenvalue weighted by Gasteiger charge is -2.04. The first kappa shape index (κ1) is 10.9. The van der Waals surface area contributed by atoms with Crippen molar-refractivity contribution in [3.8, 4) is 5.75 Å². The standard InChI is InChI=1S/C11H9BrN2O2/c12-9-2-4-10(5-3-9)16-8-11(15)14-7-1-6-13-14/h1-7H,8H2. The van der Waals surface area contributed by atoms with Crippen LogP contribution in [0.2, 0.25) is 0 Å². The minimum absolute atomic E-state index is 0.0245. The van der Waals surface area contributed by atoms with Gasteiger partial charge in [0.25, 0.3) is 5.91 Å². The molecule has 4 nitrogen and oxygen atoms in total. The lowest BCUT2D eigenvalue weighted by atomic mass is 10.3. The smallest absolute Gasteiger partial charge is 0.284 e. The predicted molar refractivity (Wildman–Crippen MR) is 62.5 cm³/mol. The van der Waals surface area contributed by atoms with Gasteiger partial charge in [0.05, 0.1) is 0 Å². The van der Waals surface area contributed by atoms with Gasteiger partial charge in [-0.3, -0.25) is 4.79 Å². The van der Waals surface area contributed by atoms with Crippen molar-refractivity contribution in [1.29, 1.82) is 0 Å². The van der Waals surface area contributed by atoms with Crippen LogP contribution in [0.5, 0.6) is 5.75 Å². The fraction of sp³-hybridized carbons (Fsp3) is 0.0909. The maximum atomic E-state index is 11.5. The monoisotopic (exact) mass is 280 g/mol. The number of carbonyl (C=O) groups is 1. The second kappa shape index (κ2) is 4.94. The Labute approximate surface area is 101 Å². The first-order valence-corrected chi connectivity index (χ1v) is 5.46. The van der Waals surface area contributed by atoms with E-state index in [4.69, 9.17) is 4.74 Å². The Bertz CT molecular complexity index is 465. The van der Waals surface area contributed by atoms with Gasteiger partial charge in [0, 0.05) is 16.9 Å². The number of nitrogens with zero attached hydrogens (tertiary/aromatic N) is 2. The highest BCUT2D eigenvalue weighted by Crippen LogP contribution is 2.15. The SMILES string of the molecule is O=C(COc1ccc(Br)cc1)n1cccn1. The van der Waals surface area contributed by atoms with Crippen LogP contribution in [0, 0.1) is 0 Å². The van der Waals surface area contributed by atoms with Gasteiger partial charge in [-0.05, 0) is 30.3 Å². The van der Waals surface area contributed by atoms with Crippen molar-refractivity contribution in [3.63, 3.8) is 0 Å². The van der Waals surface area contributed by atoms with Crippen LogP contribution in [-0.4, -0.2) is 22.3 Å². The zero-order chi connectivity index (χ0) is 11.4. The number of aromatic nitrogens is 2. The number of halogens is 1. The molecule has 1 aromatic heterocycles. The van der Waals surface area contributed by atoms with E-state index in [1.807, 2.05) is 12.1 Å². The topological polar surface area (TPSA) is 44.1 Å². The minimum Gasteiger partial charge on any atom is -0.484 e. The lowest BCUT2D eigenvalue weighted by molar-refractivity contribution is 0.0821. The van der Waals surface area contributed by atoms with E-state index in [9.17, 15) is 4.79 Å². The van der Waals surface area contributed by atoms with Crippen molar-refractivity contribution in [2.45, 2.75) is 0 Å². The molecule has 5 heteroatoms. The van der Waals surface area contributed by atoms with Crippen molar-refractivity contribution in [1.82, 2.24) is 9.78 Å². The second-order valence-electron chi connectivity index (χ2n) is 3.09. The third-order valence-corrected chi connectivity index (χ3v) is 2.46. The maximum absolute atomic E-state index is 11.5. The molecule has 0 aliphatic rings. The molecule has 0 bridgehead atoms. The van der Waals surface area contributed by atoms with Gasteiger partial charge in [-0.25, -0.2) is 4.68 Å². The van der Waals surface area contributed by atoms with Crippen LogP contribution in [0.25, 0.3) is 0 Å². The number of rotatable bonds is 3. The normalized spacial score (nSPS) is 10.1. The Hall–Kier alpha value is -1.62. The highest BCUT2D eigenvalue weighted by molar-refractivity contribution is 9.10. The molecule has 0 saturated heterocycles. The fourth-order valence-electron chi connectivity index (χ4n) is 1.16. The first-order chi connectivity index (χ1) is 7.75. The number of hydrogen-bond donors (Lipinski definition) is 0. The molecule has 2 aromatic rings. The van der Waals surface area contributed by atoms with Gasteiger partial charge >= 0.3 is 0 Å². The summed E-state index contributed by atoms with van der Waals surface area (Å²) in [6.45, 7) is -0.0245. The van der Waals surface area contributed by atoms with Gasteiger partial charge in [0.2, 0.25) is 0 Å². The number of hydrogen-bond acceptors (Lipinski definition) is 3. The quantitative estimate of drug-likeness (QED) is 0.867. The maximum Gasteiger partial charge on any atom is 0.284 e. The molecule has 0 fully saturated rings. The number of carbonyl (C=O) groups excluding carboxylic acids is 1. The van der Waals surface area contributed by atoms with Crippen LogP contribution in [0.15, 0.2) is 47.2 Å². The molecule has 0 aliphatic carbocycles. The van der Waals surface area contributed by atoms with Gasteiger partial charge in [0.1, 0.15) is 5.75 Å². The third kappa shape index (κ3) is 2.70. The molecule has 1 heterocycles. The van der Waals surface area contributed by atoms with Gasteiger partial charge in [-0.15, -0.1) is 0 Å². The van der Waals surface area contributed by atoms with Crippen LogP contribution in [-0.2, 0) is 0 Å². The van der Waals surface area contributed by atoms with Crippen molar-refractivity contribution < 1.29 is 9.53 Å². The summed E-state index contributed by atoms with van der Waals surface area (Å²) in [4.78, 5) is 11.5. The fourth-order valence-corrected chi connectivity index (χ4v) is 1.42. The molecule has 0 N–H and O–H groups in total. The molecule has 82 valence electrons. The predicted octanol–water partition coefficient (Wildman–Crippen LogP) is 2.36. The summed E-state index contributed by atoms with van der Waals surface area (Å²) in [5.41, 5.74) is 0. The summed E-state index contributed by atoms with van der Waals surface area (Å²) in [5.74, 6) is 0.455. The second-order valence-corrected chi connectivity index (χ2v) is 4.00. The van der Waals surface area contributed by atoms with Crippen molar-refractivity contribution in [2.75, 3.05) is 6.61 Å². The lowest BCUT2D eigenvalue weighted by Crippen LogP contribution is -2.19. The molecule has 0 atom stereocenters. The van der Waals surface area contributed by atoms with Crippen molar-refractivity contribution >= 4 is 21.8 Å². The molecular weight excluding hydrogens is 272 g/mol. The van der Waals surface area contributed by atoms with E-state index in [-0.39, 0.29) is 12.5 Å². The first-order valence-electron chi connectivity index (χ1n) is 4.67. The molecule has 16 heavy (non-hydrogen) atoms. The minimum atomic E-state index is -0.201. The average molecular weight is 281 g/mol. The van der Waals surface area contributed by atoms with Crippen LogP contribution < -0.4 is 4.74 Å². The Morgan fingerprint density at radius 1 is 1.38 bits per heavy atom. The van der Waals surface area contributed by atoms with Gasteiger partial charge in [0.15, 0.2) is 6.61 Å². The molecule has 2 rings (SSSR count). The summed E-state index contributed by atoms with van der Waals surface area (Å²) in [5, 5.41) is 3.82. The van der Waals surface area contributed by atoms with E-state index in [0.717, 1.165) is 4.47 Å². The zero-order valence-corrected chi connectivity index (χ0v) is 9.92. The van der Waals surface area contributed by atoms with E-state index in [0.29, 0.717) is 5.75 Å². The van der Waals surface area contributed by atoms with E-state index in [2.05, 4.69) is 21.0 Å². The van der Waals surface area contributed by atoms with Crippen LogP contribution in [0.1, 0.15) is 4.79 Å². The zero-order valence-electron chi connectivity index (χ0n) is 8.34. The molecule has 0 aliphatic heterocycles. The third-order valence-electron chi connectivity index (χ3n) is 1.94. The van der Waals surface area contributed by atoms with E-state index in [1.54, 1.807) is 30.6 Å².